The Bertz CT molecular complexity index is 302. The van der Waals surface area contributed by atoms with Crippen LogP contribution in [0.25, 0.3) is 0 Å². The lowest BCUT2D eigenvalue weighted by molar-refractivity contribution is -0.412. The maximum atomic E-state index is 12.3. The SMILES string of the molecule is F[PH2+]C(F)(F)C(F)(F)C(F)(F)C(F)(F)C(F)(F)F. The zero-order valence-electron chi connectivity index (χ0n) is 7.61. The monoisotopic (exact) mass is 321 g/mol. The highest BCUT2D eigenvalue weighted by molar-refractivity contribution is 7.33. The van der Waals surface area contributed by atoms with Crippen LogP contribution in [0.4, 0.5) is 52.5 Å². The van der Waals surface area contributed by atoms with Crippen LogP contribution in [0.2, 0.25) is 0 Å². The molecule has 1 unspecified atom stereocenters. The molecule has 0 heterocycles. The first-order valence-corrected chi connectivity index (χ1v) is 4.60. The van der Waals surface area contributed by atoms with Crippen molar-refractivity contribution in [2.75, 3.05) is 0 Å². The largest absolute Gasteiger partial charge is 0.460 e. The molecule has 0 nitrogen and oxygen atoms in total. The molecule has 0 aliphatic carbocycles. The van der Waals surface area contributed by atoms with Crippen LogP contribution >= 0.6 is 8.89 Å². The summed E-state index contributed by atoms with van der Waals surface area (Å²) < 4.78 is 143. The second-order valence-corrected chi connectivity index (χ2v) is 3.90. The lowest BCUT2D eigenvalue weighted by atomic mass is 10.0. The normalized spacial score (nSPS) is 16.7. The van der Waals surface area contributed by atoms with E-state index in [1.54, 1.807) is 0 Å². The molecule has 0 radical (unpaired) electrons. The molecule has 0 aromatic rings. The zero-order valence-corrected chi connectivity index (χ0v) is 8.77. The number of alkyl halides is 11. The van der Waals surface area contributed by atoms with Gasteiger partial charge in [0.15, 0.2) is 0 Å². The second-order valence-electron chi connectivity index (χ2n) is 2.95. The molecule has 0 saturated carbocycles. The van der Waals surface area contributed by atoms with E-state index in [1.165, 1.54) is 0 Å². The van der Waals surface area contributed by atoms with Gasteiger partial charge in [0.25, 0.3) is 8.89 Å². The summed E-state index contributed by atoms with van der Waals surface area (Å²) in [6, 6.07) is 0. The fourth-order valence-electron chi connectivity index (χ4n) is 0.653. The third-order valence-electron chi connectivity index (χ3n) is 1.70. The Balaban J connectivity index is 5.80. The van der Waals surface area contributed by atoms with Gasteiger partial charge in [0.1, 0.15) is 0 Å². The van der Waals surface area contributed by atoms with E-state index in [1.807, 2.05) is 0 Å². The first-order chi connectivity index (χ1) is 7.56. The summed E-state index contributed by atoms with van der Waals surface area (Å²) in [5, 5.41) is 0. The summed E-state index contributed by atoms with van der Waals surface area (Å²) in [7, 11) is -4.30. The van der Waals surface area contributed by atoms with Crippen molar-refractivity contribution in [1.82, 2.24) is 0 Å². The van der Waals surface area contributed by atoms with Crippen LogP contribution in [0.5, 0.6) is 0 Å². The maximum Gasteiger partial charge on any atom is 0.460 e. The highest BCUT2D eigenvalue weighted by Crippen LogP contribution is 2.61. The van der Waals surface area contributed by atoms with E-state index < -0.39 is 38.5 Å². The third-order valence-corrected chi connectivity index (χ3v) is 2.34. The molecule has 18 heavy (non-hydrogen) atoms. The molecule has 0 aliphatic rings. The molecule has 0 spiro atoms. The first-order valence-electron chi connectivity index (χ1n) is 3.59. The Morgan fingerprint density at radius 3 is 1.06 bits per heavy atom. The van der Waals surface area contributed by atoms with Gasteiger partial charge in [0.05, 0.1) is 0 Å². The molecule has 1 atom stereocenters. The molecule has 0 saturated heterocycles. The minimum atomic E-state index is -7.50. The van der Waals surface area contributed by atoms with Crippen LogP contribution in [0.15, 0.2) is 0 Å². The molecular weight excluding hydrogens is 319 g/mol. The Morgan fingerprint density at radius 2 is 0.833 bits per heavy atom. The molecule has 0 N–H and O–H groups in total. The van der Waals surface area contributed by atoms with Crippen LogP contribution in [-0.2, 0) is 0 Å². The summed E-state index contributed by atoms with van der Waals surface area (Å²) in [6.07, 6.45) is -7.21. The molecule has 0 aliphatic heterocycles. The predicted octanol–water partition coefficient (Wildman–Crippen LogP) is 4.34. The fourth-order valence-corrected chi connectivity index (χ4v) is 0.971. The standard InChI is InChI=1S/C5HF12P/c6-1(7,2(8,9)4(12,13)14)3(10,11)5(15,16)18-17/h18H/p+1. The van der Waals surface area contributed by atoms with E-state index in [9.17, 15) is 52.5 Å². The van der Waals surface area contributed by atoms with Gasteiger partial charge in [0.2, 0.25) is 0 Å². The van der Waals surface area contributed by atoms with Crippen molar-refractivity contribution in [2.45, 2.75) is 29.6 Å². The molecular formula is C5H2F12P+. The van der Waals surface area contributed by atoms with Crippen molar-refractivity contribution in [2.24, 2.45) is 0 Å². The van der Waals surface area contributed by atoms with Crippen molar-refractivity contribution in [3.8, 4) is 0 Å². The van der Waals surface area contributed by atoms with E-state index in [4.69, 9.17) is 0 Å². The minimum absolute atomic E-state index is 4.30. The first kappa shape index (κ1) is 17.6. The van der Waals surface area contributed by atoms with Gasteiger partial charge in [-0.2, -0.15) is 48.3 Å². The lowest BCUT2D eigenvalue weighted by Gasteiger charge is -2.34. The third kappa shape index (κ3) is 2.23. The van der Waals surface area contributed by atoms with E-state index >= 15 is 0 Å². The Morgan fingerprint density at radius 1 is 0.500 bits per heavy atom. The van der Waals surface area contributed by atoms with Gasteiger partial charge < -0.3 is 0 Å². The molecule has 110 valence electrons. The van der Waals surface area contributed by atoms with E-state index in [0.29, 0.717) is 0 Å². The lowest BCUT2D eigenvalue weighted by Crippen LogP contribution is -2.65. The quantitative estimate of drug-likeness (QED) is 0.534. The fraction of sp³-hybridized carbons (Fsp3) is 1.00. The maximum absolute atomic E-state index is 12.3. The van der Waals surface area contributed by atoms with E-state index in [0.717, 1.165) is 0 Å². The number of hydrogen-bond donors (Lipinski definition) is 0. The average molecular weight is 321 g/mol. The summed E-state index contributed by atoms with van der Waals surface area (Å²) in [4.78, 5) is 0. The van der Waals surface area contributed by atoms with Crippen molar-refractivity contribution >= 4 is 8.89 Å². The molecule has 13 heteroatoms. The number of halogens is 12. The average Bonchev–Trinajstić information content (AvgIpc) is 2.15. The molecule has 0 fully saturated rings. The Hall–Kier alpha value is -0.410. The smallest absolute Gasteiger partial charge is 0.192 e. The van der Waals surface area contributed by atoms with Crippen LogP contribution in [0.1, 0.15) is 0 Å². The highest BCUT2D eigenvalue weighted by atomic mass is 31.1. The molecule has 0 aromatic heterocycles. The van der Waals surface area contributed by atoms with Crippen molar-refractivity contribution < 1.29 is 52.5 Å². The minimum Gasteiger partial charge on any atom is -0.192 e. The van der Waals surface area contributed by atoms with Crippen molar-refractivity contribution in [1.29, 1.82) is 0 Å². The van der Waals surface area contributed by atoms with Gasteiger partial charge in [-0.3, -0.25) is 0 Å². The van der Waals surface area contributed by atoms with Gasteiger partial charge in [-0.05, 0) is 0 Å². The van der Waals surface area contributed by atoms with E-state index in [-0.39, 0.29) is 0 Å². The zero-order chi connectivity index (χ0) is 15.2. The van der Waals surface area contributed by atoms with Gasteiger partial charge in [-0.25, -0.2) is 0 Å². The summed E-state index contributed by atoms with van der Waals surface area (Å²) >= 11 is 0. The Labute approximate surface area is 92.2 Å². The van der Waals surface area contributed by atoms with Crippen LogP contribution < -0.4 is 0 Å². The van der Waals surface area contributed by atoms with Crippen LogP contribution in [0.3, 0.4) is 0 Å². The van der Waals surface area contributed by atoms with Gasteiger partial charge in [-0.15, -0.1) is 0 Å². The second kappa shape index (κ2) is 4.31. The molecule has 0 rings (SSSR count). The molecule has 0 amide bonds. The Kier molecular flexibility index (Phi) is 4.21. The summed E-state index contributed by atoms with van der Waals surface area (Å²) in [6.45, 7) is 0. The topological polar surface area (TPSA) is 0 Å². The van der Waals surface area contributed by atoms with E-state index in [2.05, 4.69) is 0 Å². The summed E-state index contributed by atoms with van der Waals surface area (Å²) in [5.74, 6) is -22.1. The van der Waals surface area contributed by atoms with Crippen molar-refractivity contribution in [3.63, 3.8) is 0 Å². The molecule has 0 bridgehead atoms. The number of rotatable bonds is 4. The number of hydrogen-bond acceptors (Lipinski definition) is 0. The van der Waals surface area contributed by atoms with Crippen LogP contribution in [0, 0.1) is 0 Å². The highest BCUT2D eigenvalue weighted by Gasteiger charge is 2.89. The summed E-state index contributed by atoms with van der Waals surface area (Å²) in [5.41, 5.74) is -6.30. The van der Waals surface area contributed by atoms with Gasteiger partial charge >= 0.3 is 29.6 Å². The van der Waals surface area contributed by atoms with Gasteiger partial charge in [0, 0.05) is 0 Å². The molecule has 0 aromatic carbocycles. The predicted molar refractivity (Wildman–Crippen MR) is 36.7 cm³/mol. The van der Waals surface area contributed by atoms with Crippen LogP contribution in [-0.4, -0.2) is 29.6 Å². The van der Waals surface area contributed by atoms with Crippen molar-refractivity contribution in [3.05, 3.63) is 0 Å². The van der Waals surface area contributed by atoms with Gasteiger partial charge in [-0.1, -0.05) is 4.20 Å².